The number of anilines is 1. The number of carbonyl (C=O) groups excluding carboxylic acids is 1. The van der Waals surface area contributed by atoms with Crippen LogP contribution in [0, 0.1) is 0 Å². The Kier molecular flexibility index (Phi) is 4.63. The predicted molar refractivity (Wildman–Crippen MR) is 82.7 cm³/mol. The first-order valence-electron chi connectivity index (χ1n) is 6.06. The summed E-state index contributed by atoms with van der Waals surface area (Å²) in [5, 5.41) is 3.13. The summed E-state index contributed by atoms with van der Waals surface area (Å²) in [6.45, 7) is 0. The largest absolute Gasteiger partial charge is 0.496 e. The Balaban J connectivity index is 2.34. The van der Waals surface area contributed by atoms with E-state index < -0.39 is 11.9 Å². The maximum atomic E-state index is 11.7. The molecule has 2 rings (SSSR count). The molecule has 0 saturated heterocycles. The number of amides is 1. The minimum absolute atomic E-state index is 0.463. The smallest absolute Gasteiger partial charge is 0.244 e. The van der Waals surface area contributed by atoms with Crippen molar-refractivity contribution in [1.82, 2.24) is 0 Å². The molecule has 0 aromatic heterocycles. The highest BCUT2D eigenvalue weighted by atomic mass is 79.9. The number of nitrogens with one attached hydrogen (secondary N) is 1. The molecule has 0 aliphatic rings. The molecule has 20 heavy (non-hydrogen) atoms. The lowest BCUT2D eigenvalue weighted by Gasteiger charge is -2.19. The van der Waals surface area contributed by atoms with Gasteiger partial charge in [-0.25, -0.2) is 0 Å². The van der Waals surface area contributed by atoms with Gasteiger partial charge in [-0.2, -0.15) is 0 Å². The Morgan fingerprint density at radius 1 is 1.25 bits per heavy atom. The Morgan fingerprint density at radius 2 is 2.00 bits per heavy atom. The molecule has 3 N–H and O–H groups in total. The van der Waals surface area contributed by atoms with Gasteiger partial charge in [0.25, 0.3) is 0 Å². The lowest BCUT2D eigenvalue weighted by atomic mass is 10.0. The van der Waals surface area contributed by atoms with Gasteiger partial charge >= 0.3 is 0 Å². The summed E-state index contributed by atoms with van der Waals surface area (Å²) in [6, 6.07) is 14.2. The SMILES string of the molecule is COc1ccccc1C(Nc1cccc(Br)c1)C(N)=O. The molecular formula is C15H15BrN2O2. The number of benzene rings is 2. The van der Waals surface area contributed by atoms with Crippen LogP contribution in [-0.4, -0.2) is 13.0 Å². The molecule has 0 bridgehead atoms. The highest BCUT2D eigenvalue weighted by Gasteiger charge is 2.21. The van der Waals surface area contributed by atoms with Gasteiger partial charge in [0.1, 0.15) is 11.8 Å². The fourth-order valence-corrected chi connectivity index (χ4v) is 2.35. The first-order valence-corrected chi connectivity index (χ1v) is 6.85. The first kappa shape index (κ1) is 14.4. The highest BCUT2D eigenvalue weighted by molar-refractivity contribution is 9.10. The summed E-state index contributed by atoms with van der Waals surface area (Å²) >= 11 is 3.39. The van der Waals surface area contributed by atoms with Crippen molar-refractivity contribution in [3.63, 3.8) is 0 Å². The van der Waals surface area contributed by atoms with Gasteiger partial charge in [0.2, 0.25) is 5.91 Å². The lowest BCUT2D eigenvalue weighted by Crippen LogP contribution is -2.28. The van der Waals surface area contributed by atoms with Crippen molar-refractivity contribution in [3.8, 4) is 5.75 Å². The standard InChI is InChI=1S/C15H15BrN2O2/c1-20-13-8-3-2-7-12(13)14(15(17)19)18-11-6-4-5-10(16)9-11/h2-9,14,18H,1H3,(H2,17,19). The molecule has 0 aliphatic heterocycles. The first-order chi connectivity index (χ1) is 9.61. The van der Waals surface area contributed by atoms with Crippen molar-refractivity contribution in [2.45, 2.75) is 6.04 Å². The number of rotatable bonds is 5. The van der Waals surface area contributed by atoms with E-state index in [0.29, 0.717) is 11.3 Å². The summed E-state index contributed by atoms with van der Waals surface area (Å²) in [7, 11) is 1.57. The number of hydrogen-bond acceptors (Lipinski definition) is 3. The molecule has 4 nitrogen and oxygen atoms in total. The second-order valence-electron chi connectivity index (χ2n) is 4.23. The van der Waals surface area contributed by atoms with E-state index >= 15 is 0 Å². The molecule has 5 heteroatoms. The van der Waals surface area contributed by atoms with Crippen molar-refractivity contribution in [3.05, 3.63) is 58.6 Å². The zero-order valence-electron chi connectivity index (χ0n) is 11.0. The number of methoxy groups -OCH3 is 1. The molecule has 0 radical (unpaired) electrons. The van der Waals surface area contributed by atoms with Crippen LogP contribution in [0.4, 0.5) is 5.69 Å². The third-order valence-electron chi connectivity index (χ3n) is 2.87. The normalized spacial score (nSPS) is 11.7. The summed E-state index contributed by atoms with van der Waals surface area (Å²) in [6.07, 6.45) is 0. The summed E-state index contributed by atoms with van der Waals surface area (Å²) in [5.41, 5.74) is 7.02. The minimum atomic E-state index is -0.652. The molecule has 1 atom stereocenters. The Hall–Kier alpha value is -2.01. The van der Waals surface area contributed by atoms with Crippen LogP contribution in [-0.2, 0) is 4.79 Å². The number of hydrogen-bond donors (Lipinski definition) is 2. The van der Waals surface area contributed by atoms with Crippen LogP contribution in [0.25, 0.3) is 0 Å². The summed E-state index contributed by atoms with van der Waals surface area (Å²) in [5.74, 6) is 0.160. The zero-order chi connectivity index (χ0) is 14.5. The van der Waals surface area contributed by atoms with Gasteiger partial charge in [-0.3, -0.25) is 4.79 Å². The van der Waals surface area contributed by atoms with Crippen LogP contribution in [0.15, 0.2) is 53.0 Å². The van der Waals surface area contributed by atoms with Gasteiger partial charge in [-0.1, -0.05) is 40.2 Å². The van der Waals surface area contributed by atoms with Gasteiger partial charge in [0.15, 0.2) is 0 Å². The average Bonchev–Trinajstić information content (AvgIpc) is 2.44. The van der Waals surface area contributed by atoms with Crippen LogP contribution in [0.3, 0.4) is 0 Å². The molecule has 2 aromatic rings. The van der Waals surface area contributed by atoms with Crippen LogP contribution >= 0.6 is 15.9 Å². The number of halogens is 1. The Bertz CT molecular complexity index is 616. The van der Waals surface area contributed by atoms with Crippen molar-refractivity contribution in [2.75, 3.05) is 12.4 Å². The van der Waals surface area contributed by atoms with Gasteiger partial charge in [0, 0.05) is 15.7 Å². The van der Waals surface area contributed by atoms with E-state index in [1.165, 1.54) is 0 Å². The molecule has 0 heterocycles. The highest BCUT2D eigenvalue weighted by Crippen LogP contribution is 2.28. The van der Waals surface area contributed by atoms with Crippen molar-refractivity contribution in [1.29, 1.82) is 0 Å². The summed E-state index contributed by atoms with van der Waals surface area (Å²) < 4.78 is 6.20. The molecule has 1 amide bonds. The van der Waals surface area contributed by atoms with Gasteiger partial charge < -0.3 is 15.8 Å². The number of nitrogens with two attached hydrogens (primary N) is 1. The molecule has 0 spiro atoms. The maximum Gasteiger partial charge on any atom is 0.244 e. The zero-order valence-corrected chi connectivity index (χ0v) is 12.6. The molecule has 104 valence electrons. The van der Waals surface area contributed by atoms with Crippen molar-refractivity contribution < 1.29 is 9.53 Å². The maximum absolute atomic E-state index is 11.7. The third kappa shape index (κ3) is 3.30. The number of para-hydroxylation sites is 1. The number of primary amides is 1. The van der Waals surface area contributed by atoms with Crippen molar-refractivity contribution >= 4 is 27.5 Å². The van der Waals surface area contributed by atoms with E-state index in [1.54, 1.807) is 13.2 Å². The van der Waals surface area contributed by atoms with Gasteiger partial charge in [0.05, 0.1) is 7.11 Å². The van der Waals surface area contributed by atoms with E-state index in [0.717, 1.165) is 10.2 Å². The van der Waals surface area contributed by atoms with Crippen molar-refractivity contribution in [2.24, 2.45) is 5.73 Å². The van der Waals surface area contributed by atoms with Crippen LogP contribution in [0.2, 0.25) is 0 Å². The number of carbonyl (C=O) groups is 1. The van der Waals surface area contributed by atoms with Crippen LogP contribution in [0.1, 0.15) is 11.6 Å². The third-order valence-corrected chi connectivity index (χ3v) is 3.36. The molecule has 0 aliphatic carbocycles. The predicted octanol–water partition coefficient (Wildman–Crippen LogP) is 3.10. The molecule has 2 aromatic carbocycles. The second kappa shape index (κ2) is 6.43. The lowest BCUT2D eigenvalue weighted by molar-refractivity contribution is -0.118. The topological polar surface area (TPSA) is 64.3 Å². The van der Waals surface area contributed by atoms with Gasteiger partial charge in [-0.15, -0.1) is 0 Å². The fourth-order valence-electron chi connectivity index (χ4n) is 1.95. The minimum Gasteiger partial charge on any atom is -0.496 e. The van der Waals surface area contributed by atoms with Crippen LogP contribution in [0.5, 0.6) is 5.75 Å². The summed E-state index contributed by atoms with van der Waals surface area (Å²) in [4.78, 5) is 11.7. The van der Waals surface area contributed by atoms with E-state index in [4.69, 9.17) is 10.5 Å². The fraction of sp³-hybridized carbons (Fsp3) is 0.133. The molecular weight excluding hydrogens is 320 g/mol. The van der Waals surface area contributed by atoms with E-state index in [2.05, 4.69) is 21.2 Å². The average molecular weight is 335 g/mol. The monoisotopic (exact) mass is 334 g/mol. The molecule has 1 unspecified atom stereocenters. The molecule has 0 fully saturated rings. The number of ether oxygens (including phenoxy) is 1. The Labute approximate surface area is 126 Å². The quantitative estimate of drug-likeness (QED) is 0.883. The van der Waals surface area contributed by atoms with E-state index in [1.807, 2.05) is 42.5 Å². The van der Waals surface area contributed by atoms with E-state index in [9.17, 15) is 4.79 Å². The van der Waals surface area contributed by atoms with Crippen LogP contribution < -0.4 is 15.8 Å². The second-order valence-corrected chi connectivity index (χ2v) is 5.15. The molecule has 0 saturated carbocycles. The van der Waals surface area contributed by atoms with E-state index in [-0.39, 0.29) is 0 Å². The Morgan fingerprint density at radius 3 is 2.65 bits per heavy atom. The van der Waals surface area contributed by atoms with Gasteiger partial charge in [-0.05, 0) is 24.3 Å².